The van der Waals surface area contributed by atoms with E-state index in [4.69, 9.17) is 4.74 Å². The molecule has 3 rings (SSSR count). The number of esters is 1. The summed E-state index contributed by atoms with van der Waals surface area (Å²) in [6.07, 6.45) is 4.22. The van der Waals surface area contributed by atoms with E-state index in [9.17, 15) is 9.59 Å². The third-order valence-corrected chi connectivity index (χ3v) is 5.98. The van der Waals surface area contributed by atoms with Gasteiger partial charge >= 0.3 is 5.97 Å². The van der Waals surface area contributed by atoms with Crippen LogP contribution in [-0.4, -0.2) is 17.9 Å². The second-order valence-electron chi connectivity index (χ2n) is 7.12. The smallest absolute Gasteiger partial charge is 0.306 e. The summed E-state index contributed by atoms with van der Waals surface area (Å²) in [4.78, 5) is 23.7. The molecule has 0 N–H and O–H groups in total. The van der Waals surface area contributed by atoms with E-state index in [0.29, 0.717) is 30.5 Å². The molecule has 0 spiro atoms. The molecule has 3 nitrogen and oxygen atoms in total. The lowest BCUT2D eigenvalue weighted by atomic mass is 9.47. The first-order valence-corrected chi connectivity index (χ1v) is 7.08. The fraction of sp³-hybridized carbons (Fsp3) is 0.867. The van der Waals surface area contributed by atoms with E-state index in [1.54, 1.807) is 0 Å². The number of Topliss-reactive ketones (excluding diaryl/α,β-unsaturated/α-hetero) is 1. The van der Waals surface area contributed by atoms with Gasteiger partial charge in [-0.1, -0.05) is 20.8 Å². The van der Waals surface area contributed by atoms with E-state index >= 15 is 0 Å². The summed E-state index contributed by atoms with van der Waals surface area (Å²) in [5, 5.41) is 0. The number of carbonyl (C=O) groups excluding carboxylic acids is 2. The molecular formula is C15H22O3. The zero-order valence-electron chi connectivity index (χ0n) is 11.5. The molecule has 100 valence electrons. The van der Waals surface area contributed by atoms with E-state index in [1.165, 1.54) is 0 Å². The Morgan fingerprint density at radius 3 is 2.61 bits per heavy atom. The zero-order chi connectivity index (χ0) is 13.1. The van der Waals surface area contributed by atoms with Crippen LogP contribution in [0.5, 0.6) is 0 Å². The summed E-state index contributed by atoms with van der Waals surface area (Å²) in [6.45, 7) is 6.47. The highest BCUT2D eigenvalue weighted by atomic mass is 16.5. The molecular weight excluding hydrogens is 228 g/mol. The standard InChI is InChI=1S/C15H22O3/c1-14(2)11-5-4-10-9(8-13(17)18-10)15(11,3)7-6-12(14)16/h9-11H,4-8H2,1-3H3/t9-,10+,11-,15+/m0/s1. The summed E-state index contributed by atoms with van der Waals surface area (Å²) < 4.78 is 5.45. The third-order valence-electron chi connectivity index (χ3n) is 5.98. The Kier molecular flexibility index (Phi) is 2.43. The number of rotatable bonds is 0. The van der Waals surface area contributed by atoms with Crippen LogP contribution in [0.3, 0.4) is 0 Å². The van der Waals surface area contributed by atoms with E-state index in [0.717, 1.165) is 19.3 Å². The van der Waals surface area contributed by atoms with Crippen molar-refractivity contribution in [2.45, 2.75) is 59.0 Å². The Morgan fingerprint density at radius 2 is 1.89 bits per heavy atom. The van der Waals surface area contributed by atoms with Gasteiger partial charge in [-0.25, -0.2) is 0 Å². The molecule has 3 fully saturated rings. The Labute approximate surface area is 108 Å². The van der Waals surface area contributed by atoms with Crippen molar-refractivity contribution in [2.75, 3.05) is 0 Å². The third kappa shape index (κ3) is 1.42. The lowest BCUT2D eigenvalue weighted by Gasteiger charge is -2.56. The molecule has 18 heavy (non-hydrogen) atoms. The van der Waals surface area contributed by atoms with Crippen molar-refractivity contribution in [3.8, 4) is 0 Å². The lowest BCUT2D eigenvalue weighted by Crippen LogP contribution is -2.55. The molecule has 3 heteroatoms. The van der Waals surface area contributed by atoms with Crippen molar-refractivity contribution < 1.29 is 14.3 Å². The van der Waals surface area contributed by atoms with Gasteiger partial charge in [-0.15, -0.1) is 0 Å². The number of ether oxygens (including phenoxy) is 1. The maximum Gasteiger partial charge on any atom is 0.306 e. The second kappa shape index (κ2) is 3.58. The molecule has 0 bridgehead atoms. The average molecular weight is 250 g/mol. The van der Waals surface area contributed by atoms with Gasteiger partial charge in [0.2, 0.25) is 0 Å². The quantitative estimate of drug-likeness (QED) is 0.621. The summed E-state index contributed by atoms with van der Waals surface area (Å²) in [7, 11) is 0. The molecule has 0 aromatic carbocycles. The largest absolute Gasteiger partial charge is 0.462 e. The SMILES string of the molecule is CC1(C)C(=O)CC[C@]2(C)[C@H]3CC(=O)O[C@@H]3CC[C@@H]12. The molecule has 0 amide bonds. The summed E-state index contributed by atoms with van der Waals surface area (Å²) in [5.41, 5.74) is -0.129. The zero-order valence-corrected chi connectivity index (χ0v) is 11.5. The fourth-order valence-corrected chi connectivity index (χ4v) is 4.89. The second-order valence-corrected chi connectivity index (χ2v) is 7.12. The van der Waals surface area contributed by atoms with Crippen molar-refractivity contribution in [3.05, 3.63) is 0 Å². The minimum Gasteiger partial charge on any atom is -0.462 e. The van der Waals surface area contributed by atoms with E-state index in [-0.39, 0.29) is 22.9 Å². The van der Waals surface area contributed by atoms with Crippen LogP contribution >= 0.6 is 0 Å². The van der Waals surface area contributed by atoms with Crippen LogP contribution in [-0.2, 0) is 14.3 Å². The molecule has 1 saturated heterocycles. The van der Waals surface area contributed by atoms with Gasteiger partial charge < -0.3 is 4.74 Å². The van der Waals surface area contributed by atoms with Gasteiger partial charge in [0.05, 0.1) is 6.42 Å². The number of ketones is 1. The Balaban J connectivity index is 1.98. The molecule has 4 atom stereocenters. The molecule has 0 aromatic rings. The number of carbonyl (C=O) groups is 2. The Hall–Kier alpha value is -0.860. The molecule has 2 saturated carbocycles. The lowest BCUT2D eigenvalue weighted by molar-refractivity contribution is -0.155. The van der Waals surface area contributed by atoms with Gasteiger partial charge in [-0.3, -0.25) is 9.59 Å². The van der Waals surface area contributed by atoms with Crippen LogP contribution in [0.15, 0.2) is 0 Å². The molecule has 3 aliphatic rings. The van der Waals surface area contributed by atoms with Gasteiger partial charge in [0.15, 0.2) is 0 Å². The van der Waals surface area contributed by atoms with Crippen LogP contribution in [0.4, 0.5) is 0 Å². The first-order valence-electron chi connectivity index (χ1n) is 7.08. The number of hydrogen-bond acceptors (Lipinski definition) is 3. The first-order chi connectivity index (χ1) is 8.35. The Morgan fingerprint density at radius 1 is 1.17 bits per heavy atom. The highest BCUT2D eigenvalue weighted by molar-refractivity contribution is 5.85. The van der Waals surface area contributed by atoms with Crippen molar-refractivity contribution in [1.29, 1.82) is 0 Å². The van der Waals surface area contributed by atoms with E-state index in [1.807, 2.05) is 0 Å². The minimum absolute atomic E-state index is 0.0402. The molecule has 2 aliphatic carbocycles. The highest BCUT2D eigenvalue weighted by Crippen LogP contribution is 2.61. The van der Waals surface area contributed by atoms with Crippen molar-refractivity contribution in [3.63, 3.8) is 0 Å². The molecule has 1 heterocycles. The van der Waals surface area contributed by atoms with Gasteiger partial charge in [-0.05, 0) is 30.6 Å². The van der Waals surface area contributed by atoms with Crippen molar-refractivity contribution in [2.24, 2.45) is 22.7 Å². The molecule has 0 unspecified atom stereocenters. The monoisotopic (exact) mass is 250 g/mol. The van der Waals surface area contributed by atoms with Gasteiger partial charge in [0.1, 0.15) is 11.9 Å². The Bertz CT molecular complexity index is 412. The first kappa shape index (κ1) is 12.2. The summed E-state index contributed by atoms with van der Waals surface area (Å²) >= 11 is 0. The highest BCUT2D eigenvalue weighted by Gasteiger charge is 2.60. The summed E-state index contributed by atoms with van der Waals surface area (Å²) in [6, 6.07) is 0. The van der Waals surface area contributed by atoms with Gasteiger partial charge in [0.25, 0.3) is 0 Å². The molecule has 0 radical (unpaired) electrons. The van der Waals surface area contributed by atoms with Crippen LogP contribution in [0, 0.1) is 22.7 Å². The average Bonchev–Trinajstić information content (AvgIpc) is 2.66. The predicted molar refractivity (Wildman–Crippen MR) is 66.8 cm³/mol. The van der Waals surface area contributed by atoms with Crippen molar-refractivity contribution in [1.82, 2.24) is 0 Å². The van der Waals surface area contributed by atoms with Crippen LogP contribution < -0.4 is 0 Å². The van der Waals surface area contributed by atoms with E-state index < -0.39 is 0 Å². The molecule has 0 aromatic heterocycles. The predicted octanol–water partition coefficient (Wildman–Crippen LogP) is 2.72. The fourth-order valence-electron chi connectivity index (χ4n) is 4.89. The van der Waals surface area contributed by atoms with Crippen LogP contribution in [0.2, 0.25) is 0 Å². The minimum atomic E-state index is -0.233. The maximum absolute atomic E-state index is 12.2. The normalized spacial score (nSPS) is 46.3. The van der Waals surface area contributed by atoms with Gasteiger partial charge in [-0.2, -0.15) is 0 Å². The van der Waals surface area contributed by atoms with Crippen LogP contribution in [0.1, 0.15) is 52.9 Å². The molecule has 1 aliphatic heterocycles. The summed E-state index contributed by atoms with van der Waals surface area (Å²) in [5.74, 6) is 1.09. The van der Waals surface area contributed by atoms with E-state index in [2.05, 4.69) is 20.8 Å². The maximum atomic E-state index is 12.2. The van der Waals surface area contributed by atoms with Gasteiger partial charge in [0, 0.05) is 17.8 Å². The number of fused-ring (bicyclic) bond motifs is 3. The topological polar surface area (TPSA) is 43.4 Å². The number of hydrogen-bond donors (Lipinski definition) is 0. The van der Waals surface area contributed by atoms with Crippen LogP contribution in [0.25, 0.3) is 0 Å². The van der Waals surface area contributed by atoms with Crippen molar-refractivity contribution >= 4 is 11.8 Å².